The van der Waals surface area contributed by atoms with Gasteiger partial charge in [-0.2, -0.15) is 0 Å². The minimum atomic E-state index is -0.185. The number of rotatable bonds is 4. The van der Waals surface area contributed by atoms with E-state index < -0.39 is 0 Å². The number of hydrogen-bond acceptors (Lipinski definition) is 4. The van der Waals surface area contributed by atoms with Crippen LogP contribution in [0, 0.1) is 5.92 Å². The Labute approximate surface area is 121 Å². The maximum atomic E-state index is 11.2. The first-order valence-corrected chi connectivity index (χ1v) is 7.47. The van der Waals surface area contributed by atoms with Gasteiger partial charge in [0.15, 0.2) is 0 Å². The maximum absolute atomic E-state index is 11.2. The van der Waals surface area contributed by atoms with Crippen molar-refractivity contribution < 1.29 is 4.79 Å². The van der Waals surface area contributed by atoms with Crippen molar-refractivity contribution in [1.82, 2.24) is 9.97 Å². The van der Waals surface area contributed by atoms with Crippen LogP contribution in [0.15, 0.2) is 10.7 Å². The van der Waals surface area contributed by atoms with Crippen molar-refractivity contribution in [1.29, 1.82) is 0 Å². The zero-order valence-electron chi connectivity index (χ0n) is 11.1. The van der Waals surface area contributed by atoms with Gasteiger partial charge < -0.3 is 10.6 Å². The third kappa shape index (κ3) is 3.65. The van der Waals surface area contributed by atoms with Crippen LogP contribution in [0.4, 0.5) is 5.82 Å². The van der Waals surface area contributed by atoms with Gasteiger partial charge in [-0.15, -0.1) is 0 Å². The summed E-state index contributed by atoms with van der Waals surface area (Å²) in [5.41, 5.74) is 5.35. The van der Waals surface area contributed by atoms with Crippen molar-refractivity contribution in [3.05, 3.63) is 16.5 Å². The van der Waals surface area contributed by atoms with Crippen LogP contribution in [-0.4, -0.2) is 29.0 Å². The molecule has 2 N–H and O–H groups in total. The monoisotopic (exact) mass is 326 g/mol. The van der Waals surface area contributed by atoms with Crippen molar-refractivity contribution in [3.63, 3.8) is 0 Å². The van der Waals surface area contributed by atoms with Crippen LogP contribution in [0.3, 0.4) is 0 Å². The lowest BCUT2D eigenvalue weighted by atomic mass is 9.96. The number of nitrogens with two attached hydrogens (primary N) is 1. The lowest BCUT2D eigenvalue weighted by Gasteiger charge is -2.31. The Kier molecular flexibility index (Phi) is 4.74. The lowest BCUT2D eigenvalue weighted by molar-refractivity contribution is -0.122. The third-order valence-corrected chi connectivity index (χ3v) is 3.83. The summed E-state index contributed by atoms with van der Waals surface area (Å²) in [5.74, 6) is 1.63. The van der Waals surface area contributed by atoms with Gasteiger partial charge in [0, 0.05) is 31.5 Å². The molecule has 1 amide bonds. The molecule has 2 heterocycles. The Hall–Kier alpha value is -1.17. The fourth-order valence-electron chi connectivity index (χ4n) is 2.34. The molecule has 19 heavy (non-hydrogen) atoms. The predicted molar refractivity (Wildman–Crippen MR) is 77.9 cm³/mol. The van der Waals surface area contributed by atoms with Gasteiger partial charge in [-0.25, -0.2) is 9.97 Å². The van der Waals surface area contributed by atoms with E-state index in [1.165, 1.54) is 0 Å². The highest BCUT2D eigenvalue weighted by Gasteiger charge is 2.24. The van der Waals surface area contributed by atoms with Crippen molar-refractivity contribution in [3.8, 4) is 0 Å². The Morgan fingerprint density at radius 1 is 1.47 bits per heavy atom. The normalized spacial score (nSPS) is 16.6. The van der Waals surface area contributed by atoms with Crippen molar-refractivity contribution in [2.45, 2.75) is 32.6 Å². The van der Waals surface area contributed by atoms with E-state index in [9.17, 15) is 4.79 Å². The van der Waals surface area contributed by atoms with E-state index in [0.29, 0.717) is 0 Å². The van der Waals surface area contributed by atoms with Gasteiger partial charge in [-0.3, -0.25) is 4.79 Å². The summed E-state index contributed by atoms with van der Waals surface area (Å²) < 4.78 is 0.818. The molecule has 0 bridgehead atoms. The van der Waals surface area contributed by atoms with Gasteiger partial charge in [0.05, 0.1) is 0 Å². The topological polar surface area (TPSA) is 72.1 Å². The Bertz CT molecular complexity index is 458. The van der Waals surface area contributed by atoms with Crippen LogP contribution < -0.4 is 10.6 Å². The molecule has 0 aromatic carbocycles. The largest absolute Gasteiger partial charge is 0.369 e. The minimum Gasteiger partial charge on any atom is -0.369 e. The second kappa shape index (κ2) is 6.32. The van der Waals surface area contributed by atoms with Crippen molar-refractivity contribution >= 4 is 27.7 Å². The summed E-state index contributed by atoms with van der Waals surface area (Å²) in [6.45, 7) is 3.76. The van der Waals surface area contributed by atoms with E-state index >= 15 is 0 Å². The van der Waals surface area contributed by atoms with Gasteiger partial charge >= 0.3 is 0 Å². The van der Waals surface area contributed by atoms with Gasteiger partial charge in [0.25, 0.3) is 0 Å². The van der Waals surface area contributed by atoms with Crippen LogP contribution in [0.1, 0.15) is 32.0 Å². The second-order valence-corrected chi connectivity index (χ2v) is 5.69. The van der Waals surface area contributed by atoms with E-state index in [1.54, 1.807) is 0 Å². The fourth-order valence-corrected chi connectivity index (χ4v) is 2.75. The SMILES string of the molecule is CCCc1nc(Br)cc(N2CCC(C(N)=O)CC2)n1. The molecule has 0 aliphatic carbocycles. The van der Waals surface area contributed by atoms with Crippen LogP contribution in [0.2, 0.25) is 0 Å². The Balaban J connectivity index is 2.08. The summed E-state index contributed by atoms with van der Waals surface area (Å²) in [7, 11) is 0. The van der Waals surface area contributed by atoms with Crippen molar-refractivity contribution in [2.75, 3.05) is 18.0 Å². The number of piperidine rings is 1. The molecule has 1 aliphatic rings. The number of aromatic nitrogens is 2. The zero-order chi connectivity index (χ0) is 13.8. The molecule has 1 aromatic rings. The number of amides is 1. The first kappa shape index (κ1) is 14.2. The molecule has 1 aliphatic heterocycles. The predicted octanol–water partition coefficient (Wildman–Crippen LogP) is 1.89. The standard InChI is InChI=1S/C13H19BrN4O/c1-2-3-11-16-10(14)8-12(17-11)18-6-4-9(5-7-18)13(15)19/h8-9H,2-7H2,1H3,(H2,15,19). The molecule has 0 radical (unpaired) electrons. The molecule has 6 heteroatoms. The summed E-state index contributed by atoms with van der Waals surface area (Å²) in [5, 5.41) is 0. The molecule has 0 spiro atoms. The number of carbonyl (C=O) groups excluding carboxylic acids is 1. The van der Waals surface area contributed by atoms with Crippen LogP contribution in [0.5, 0.6) is 0 Å². The number of primary amides is 1. The van der Waals surface area contributed by atoms with E-state index in [0.717, 1.165) is 55.0 Å². The number of halogens is 1. The summed E-state index contributed by atoms with van der Waals surface area (Å²) >= 11 is 3.43. The quantitative estimate of drug-likeness (QED) is 0.857. The van der Waals surface area contributed by atoms with Crippen LogP contribution in [0.25, 0.3) is 0 Å². The smallest absolute Gasteiger partial charge is 0.220 e. The Morgan fingerprint density at radius 2 is 2.16 bits per heavy atom. The van der Waals surface area contributed by atoms with E-state index in [4.69, 9.17) is 5.73 Å². The van der Waals surface area contributed by atoms with Crippen LogP contribution >= 0.6 is 15.9 Å². The zero-order valence-corrected chi connectivity index (χ0v) is 12.7. The molecule has 0 saturated carbocycles. The molecule has 1 aromatic heterocycles. The summed E-state index contributed by atoms with van der Waals surface area (Å²) in [6, 6.07) is 1.93. The van der Waals surface area contributed by atoms with Crippen LogP contribution in [-0.2, 0) is 11.2 Å². The highest BCUT2D eigenvalue weighted by Crippen LogP contribution is 2.23. The number of carbonyl (C=O) groups is 1. The highest BCUT2D eigenvalue weighted by molar-refractivity contribution is 9.10. The Morgan fingerprint density at radius 3 is 2.74 bits per heavy atom. The molecule has 0 unspecified atom stereocenters. The van der Waals surface area contributed by atoms with Gasteiger partial charge in [-0.05, 0) is 35.2 Å². The highest BCUT2D eigenvalue weighted by atomic mass is 79.9. The molecular weight excluding hydrogens is 308 g/mol. The minimum absolute atomic E-state index is 0.0108. The summed E-state index contributed by atoms with van der Waals surface area (Å²) in [6.07, 6.45) is 3.52. The third-order valence-electron chi connectivity index (χ3n) is 3.42. The van der Waals surface area contributed by atoms with E-state index in [-0.39, 0.29) is 11.8 Å². The lowest BCUT2D eigenvalue weighted by Crippen LogP contribution is -2.39. The first-order valence-electron chi connectivity index (χ1n) is 6.68. The molecule has 104 valence electrons. The molecule has 5 nitrogen and oxygen atoms in total. The second-order valence-electron chi connectivity index (χ2n) is 4.88. The van der Waals surface area contributed by atoms with E-state index in [2.05, 4.69) is 37.7 Å². The summed E-state index contributed by atoms with van der Waals surface area (Å²) in [4.78, 5) is 22.3. The van der Waals surface area contributed by atoms with E-state index in [1.807, 2.05) is 6.07 Å². The number of anilines is 1. The number of nitrogens with zero attached hydrogens (tertiary/aromatic N) is 3. The first-order chi connectivity index (χ1) is 9.10. The molecular formula is C13H19BrN4O. The molecule has 0 atom stereocenters. The number of hydrogen-bond donors (Lipinski definition) is 1. The molecule has 1 fully saturated rings. The van der Waals surface area contributed by atoms with Gasteiger partial charge in [0.1, 0.15) is 16.2 Å². The number of aryl methyl sites for hydroxylation is 1. The van der Waals surface area contributed by atoms with Gasteiger partial charge in [0.2, 0.25) is 5.91 Å². The fraction of sp³-hybridized carbons (Fsp3) is 0.615. The van der Waals surface area contributed by atoms with Gasteiger partial charge in [-0.1, -0.05) is 6.92 Å². The average Bonchev–Trinajstić information content (AvgIpc) is 2.38. The molecule has 1 saturated heterocycles. The maximum Gasteiger partial charge on any atom is 0.220 e. The molecule has 2 rings (SSSR count). The van der Waals surface area contributed by atoms with Crippen molar-refractivity contribution in [2.24, 2.45) is 11.7 Å². The average molecular weight is 327 g/mol.